The van der Waals surface area contributed by atoms with Crippen LogP contribution in [0.5, 0.6) is 0 Å². The molecule has 2 rings (SSSR count). The molecule has 1 heterocycles. The normalized spacial score (nSPS) is 13.2. The first-order valence-electron chi connectivity index (χ1n) is 7.26. The lowest BCUT2D eigenvalue weighted by molar-refractivity contribution is 0.556. The van der Waals surface area contributed by atoms with Crippen molar-refractivity contribution in [2.24, 2.45) is 0 Å². The van der Waals surface area contributed by atoms with Crippen molar-refractivity contribution in [3.05, 3.63) is 65.5 Å². The molecule has 0 aliphatic rings. The predicted molar refractivity (Wildman–Crippen MR) is 84.9 cm³/mol. The van der Waals surface area contributed by atoms with E-state index in [2.05, 4.69) is 68.3 Å². The highest BCUT2D eigenvalue weighted by Gasteiger charge is 2.23. The van der Waals surface area contributed by atoms with Crippen molar-refractivity contribution in [2.45, 2.75) is 39.2 Å². The fourth-order valence-corrected chi connectivity index (χ4v) is 2.59. The second-order valence-electron chi connectivity index (χ2n) is 6.11. The van der Waals surface area contributed by atoms with E-state index in [9.17, 15) is 0 Å². The molecule has 0 saturated heterocycles. The van der Waals surface area contributed by atoms with Crippen LogP contribution in [0.25, 0.3) is 0 Å². The highest BCUT2D eigenvalue weighted by molar-refractivity contribution is 5.40. The van der Waals surface area contributed by atoms with Crippen LogP contribution in [-0.4, -0.2) is 11.5 Å². The standard InChI is InChI=1S/C18H24N2/c1-5-20-17(14-9-8-12-19-13-14)15-10-6-7-11-16(15)18(2,3)4/h6-13,17,20H,5H2,1-4H3. The number of nitrogens with zero attached hydrogens (tertiary/aromatic N) is 1. The van der Waals surface area contributed by atoms with Crippen LogP contribution in [0.15, 0.2) is 48.8 Å². The maximum Gasteiger partial charge on any atom is 0.0594 e. The second-order valence-corrected chi connectivity index (χ2v) is 6.11. The lowest BCUT2D eigenvalue weighted by Crippen LogP contribution is -2.26. The first-order chi connectivity index (χ1) is 9.54. The van der Waals surface area contributed by atoms with Gasteiger partial charge in [0.1, 0.15) is 0 Å². The molecule has 0 bridgehead atoms. The van der Waals surface area contributed by atoms with Crippen LogP contribution < -0.4 is 5.32 Å². The Morgan fingerprint density at radius 1 is 1.10 bits per heavy atom. The van der Waals surface area contributed by atoms with E-state index in [1.807, 2.05) is 18.5 Å². The number of aromatic nitrogens is 1. The van der Waals surface area contributed by atoms with Gasteiger partial charge in [0, 0.05) is 12.4 Å². The van der Waals surface area contributed by atoms with Crippen molar-refractivity contribution in [1.29, 1.82) is 0 Å². The summed E-state index contributed by atoms with van der Waals surface area (Å²) < 4.78 is 0. The number of rotatable bonds is 4. The molecule has 0 radical (unpaired) electrons. The van der Waals surface area contributed by atoms with Gasteiger partial charge in [0.15, 0.2) is 0 Å². The third-order valence-electron chi connectivity index (χ3n) is 3.51. The van der Waals surface area contributed by atoms with Gasteiger partial charge in [-0.2, -0.15) is 0 Å². The minimum Gasteiger partial charge on any atom is -0.306 e. The zero-order valence-corrected chi connectivity index (χ0v) is 12.9. The second kappa shape index (κ2) is 6.19. The first kappa shape index (κ1) is 14.7. The van der Waals surface area contributed by atoms with Gasteiger partial charge in [0.2, 0.25) is 0 Å². The summed E-state index contributed by atoms with van der Waals surface area (Å²) in [7, 11) is 0. The van der Waals surface area contributed by atoms with E-state index >= 15 is 0 Å². The van der Waals surface area contributed by atoms with Crippen LogP contribution in [0.4, 0.5) is 0 Å². The van der Waals surface area contributed by atoms with E-state index in [1.54, 1.807) is 0 Å². The molecule has 2 nitrogen and oxygen atoms in total. The molecule has 106 valence electrons. The minimum atomic E-state index is 0.131. The summed E-state index contributed by atoms with van der Waals surface area (Å²) in [5.41, 5.74) is 4.07. The Morgan fingerprint density at radius 2 is 1.85 bits per heavy atom. The van der Waals surface area contributed by atoms with Crippen LogP contribution in [0, 0.1) is 0 Å². The predicted octanol–water partition coefficient (Wildman–Crippen LogP) is 4.08. The molecule has 0 amide bonds. The Morgan fingerprint density at radius 3 is 2.45 bits per heavy atom. The molecular formula is C18H24N2. The van der Waals surface area contributed by atoms with Gasteiger partial charge in [-0.3, -0.25) is 4.98 Å². The van der Waals surface area contributed by atoms with E-state index in [0.29, 0.717) is 0 Å². The molecule has 1 unspecified atom stereocenters. The van der Waals surface area contributed by atoms with Crippen LogP contribution in [0.2, 0.25) is 0 Å². The van der Waals surface area contributed by atoms with Crippen LogP contribution in [0.3, 0.4) is 0 Å². The molecule has 0 fully saturated rings. The molecule has 1 aromatic heterocycles. The van der Waals surface area contributed by atoms with E-state index < -0.39 is 0 Å². The van der Waals surface area contributed by atoms with E-state index in [1.165, 1.54) is 16.7 Å². The van der Waals surface area contributed by atoms with Gasteiger partial charge in [0.25, 0.3) is 0 Å². The molecule has 0 aliphatic carbocycles. The molecule has 1 aromatic carbocycles. The fourth-order valence-electron chi connectivity index (χ4n) is 2.59. The third kappa shape index (κ3) is 3.26. The molecule has 0 aliphatic heterocycles. The highest BCUT2D eigenvalue weighted by Crippen LogP contribution is 2.32. The average Bonchev–Trinajstić information content (AvgIpc) is 2.45. The van der Waals surface area contributed by atoms with Crippen molar-refractivity contribution in [3.63, 3.8) is 0 Å². The smallest absolute Gasteiger partial charge is 0.0594 e. The lowest BCUT2D eigenvalue weighted by atomic mass is 9.81. The summed E-state index contributed by atoms with van der Waals surface area (Å²) in [6.07, 6.45) is 3.77. The maximum atomic E-state index is 4.27. The van der Waals surface area contributed by atoms with Crippen molar-refractivity contribution in [2.75, 3.05) is 6.54 Å². The van der Waals surface area contributed by atoms with Crippen LogP contribution in [-0.2, 0) is 5.41 Å². The number of hydrogen-bond donors (Lipinski definition) is 1. The van der Waals surface area contributed by atoms with Gasteiger partial charge in [-0.1, -0.05) is 58.0 Å². The average molecular weight is 268 g/mol. The molecule has 1 N–H and O–H groups in total. The summed E-state index contributed by atoms with van der Waals surface area (Å²) >= 11 is 0. The topological polar surface area (TPSA) is 24.9 Å². The van der Waals surface area contributed by atoms with Gasteiger partial charge in [0.05, 0.1) is 6.04 Å². The van der Waals surface area contributed by atoms with E-state index in [4.69, 9.17) is 0 Å². The van der Waals surface area contributed by atoms with Gasteiger partial charge in [-0.25, -0.2) is 0 Å². The summed E-state index contributed by atoms with van der Waals surface area (Å²) in [4.78, 5) is 4.27. The van der Waals surface area contributed by atoms with E-state index in [-0.39, 0.29) is 11.5 Å². The lowest BCUT2D eigenvalue weighted by Gasteiger charge is -2.28. The van der Waals surface area contributed by atoms with Crippen molar-refractivity contribution in [3.8, 4) is 0 Å². The van der Waals surface area contributed by atoms with E-state index in [0.717, 1.165) is 6.54 Å². The Balaban J connectivity index is 2.51. The summed E-state index contributed by atoms with van der Waals surface area (Å²) in [5.74, 6) is 0. The van der Waals surface area contributed by atoms with Crippen molar-refractivity contribution in [1.82, 2.24) is 10.3 Å². The molecule has 0 saturated carbocycles. The van der Waals surface area contributed by atoms with Gasteiger partial charge in [-0.05, 0) is 34.7 Å². The Kier molecular flexibility index (Phi) is 4.56. The zero-order chi connectivity index (χ0) is 14.6. The number of nitrogens with one attached hydrogen (secondary N) is 1. The molecular weight excluding hydrogens is 244 g/mol. The SMILES string of the molecule is CCNC(c1cccnc1)c1ccccc1C(C)(C)C. The zero-order valence-electron chi connectivity index (χ0n) is 12.9. The van der Waals surface area contributed by atoms with Gasteiger partial charge in [-0.15, -0.1) is 0 Å². The maximum absolute atomic E-state index is 4.27. The molecule has 1 atom stereocenters. The largest absolute Gasteiger partial charge is 0.306 e. The van der Waals surface area contributed by atoms with Gasteiger partial charge < -0.3 is 5.32 Å². The van der Waals surface area contributed by atoms with Crippen molar-refractivity contribution < 1.29 is 0 Å². The summed E-state index contributed by atoms with van der Waals surface area (Å²) in [6.45, 7) is 9.86. The van der Waals surface area contributed by atoms with Crippen LogP contribution in [0.1, 0.15) is 50.4 Å². The van der Waals surface area contributed by atoms with Crippen LogP contribution >= 0.6 is 0 Å². The number of benzene rings is 1. The Labute approximate surface area is 122 Å². The Hall–Kier alpha value is -1.67. The third-order valence-corrected chi connectivity index (χ3v) is 3.51. The summed E-state index contributed by atoms with van der Waals surface area (Å²) in [6, 6.07) is 13.0. The molecule has 2 heteroatoms. The fraction of sp³-hybridized carbons (Fsp3) is 0.389. The molecule has 20 heavy (non-hydrogen) atoms. The molecule has 2 aromatic rings. The molecule has 0 spiro atoms. The first-order valence-corrected chi connectivity index (χ1v) is 7.26. The minimum absolute atomic E-state index is 0.131. The number of hydrogen-bond acceptors (Lipinski definition) is 2. The number of pyridine rings is 1. The quantitative estimate of drug-likeness (QED) is 0.904. The monoisotopic (exact) mass is 268 g/mol. The van der Waals surface area contributed by atoms with Crippen molar-refractivity contribution >= 4 is 0 Å². The Bertz CT molecular complexity index is 541. The summed E-state index contributed by atoms with van der Waals surface area (Å²) in [5, 5.41) is 3.59. The highest BCUT2D eigenvalue weighted by atomic mass is 14.9. The van der Waals surface area contributed by atoms with Gasteiger partial charge >= 0.3 is 0 Å².